The second kappa shape index (κ2) is 8.92. The monoisotopic (exact) mass is 319 g/mol. The first kappa shape index (κ1) is 17.8. The van der Waals surface area contributed by atoms with E-state index in [0.29, 0.717) is 5.92 Å². The van der Waals surface area contributed by atoms with Crippen LogP contribution >= 0.6 is 0 Å². The molecule has 1 fully saturated rings. The lowest BCUT2D eigenvalue weighted by Crippen LogP contribution is -2.50. The summed E-state index contributed by atoms with van der Waals surface area (Å²) < 4.78 is 5.30. The van der Waals surface area contributed by atoms with Crippen molar-refractivity contribution in [3.05, 3.63) is 35.9 Å². The van der Waals surface area contributed by atoms with Crippen LogP contribution in [0.15, 0.2) is 30.3 Å². The highest BCUT2D eigenvalue weighted by Gasteiger charge is 2.33. The van der Waals surface area contributed by atoms with E-state index in [2.05, 4.69) is 19.2 Å². The molecule has 2 rings (SSSR count). The van der Waals surface area contributed by atoms with Gasteiger partial charge in [-0.25, -0.2) is 4.79 Å². The minimum absolute atomic E-state index is 0.217. The van der Waals surface area contributed by atoms with Gasteiger partial charge in [-0.1, -0.05) is 63.4 Å². The van der Waals surface area contributed by atoms with Crippen molar-refractivity contribution in [2.45, 2.75) is 64.7 Å². The first-order valence-electron chi connectivity index (χ1n) is 8.77. The number of nitrogens with one attached hydrogen (secondary N) is 1. The fraction of sp³-hybridized carbons (Fsp3) is 0.632. The summed E-state index contributed by atoms with van der Waals surface area (Å²) in [5.74, 6) is 0.512. The second-order valence-corrected chi connectivity index (χ2v) is 6.65. The minimum Gasteiger partial charge on any atom is -0.445 e. The largest absolute Gasteiger partial charge is 0.445 e. The Balaban J connectivity index is 1.89. The summed E-state index contributed by atoms with van der Waals surface area (Å²) in [6, 6.07) is 9.37. The third-order valence-corrected chi connectivity index (χ3v) is 5.01. The standard InChI is InChI=1S/C19H29NO3/c1-3-14(2)17(18(21)16-11-7-8-12-16)20-19(22)23-13-15-9-5-4-6-10-15/h4-6,9-10,14,16-18,21H,3,7-8,11-13H2,1-2H3,(H,20,22). The number of aliphatic hydroxyl groups excluding tert-OH is 1. The number of ether oxygens (including phenoxy) is 1. The fourth-order valence-electron chi connectivity index (χ4n) is 3.31. The van der Waals surface area contributed by atoms with Gasteiger partial charge in [0.25, 0.3) is 0 Å². The molecule has 0 bridgehead atoms. The van der Waals surface area contributed by atoms with E-state index in [4.69, 9.17) is 4.74 Å². The summed E-state index contributed by atoms with van der Waals surface area (Å²) in [5.41, 5.74) is 0.957. The molecule has 0 saturated heterocycles. The molecule has 0 spiro atoms. The van der Waals surface area contributed by atoms with Gasteiger partial charge in [0.1, 0.15) is 6.61 Å². The van der Waals surface area contributed by atoms with Crippen LogP contribution in [-0.2, 0) is 11.3 Å². The zero-order chi connectivity index (χ0) is 16.7. The van der Waals surface area contributed by atoms with Gasteiger partial charge in [0, 0.05) is 0 Å². The first-order valence-corrected chi connectivity index (χ1v) is 8.77. The molecule has 0 aliphatic heterocycles. The van der Waals surface area contributed by atoms with E-state index in [-0.39, 0.29) is 18.6 Å². The molecule has 1 aromatic carbocycles. The van der Waals surface area contributed by atoms with E-state index in [9.17, 15) is 9.90 Å². The second-order valence-electron chi connectivity index (χ2n) is 6.65. The lowest BCUT2D eigenvalue weighted by molar-refractivity contribution is 0.0442. The van der Waals surface area contributed by atoms with Crippen LogP contribution in [0.1, 0.15) is 51.5 Å². The molecule has 0 heterocycles. The Bertz CT molecular complexity index is 471. The Hall–Kier alpha value is -1.55. The molecule has 4 nitrogen and oxygen atoms in total. The summed E-state index contributed by atoms with van der Waals surface area (Å²) in [6.45, 7) is 4.40. The van der Waals surface area contributed by atoms with Gasteiger partial charge in [0.05, 0.1) is 12.1 Å². The Morgan fingerprint density at radius 3 is 2.57 bits per heavy atom. The Labute approximate surface area is 139 Å². The predicted octanol–water partition coefficient (Wildman–Crippen LogP) is 3.88. The summed E-state index contributed by atoms with van der Waals surface area (Å²) >= 11 is 0. The molecular weight excluding hydrogens is 290 g/mol. The Morgan fingerprint density at radius 1 is 1.30 bits per heavy atom. The van der Waals surface area contributed by atoms with Gasteiger partial charge >= 0.3 is 6.09 Å². The number of hydrogen-bond acceptors (Lipinski definition) is 3. The normalized spacial score (nSPS) is 19.1. The van der Waals surface area contributed by atoms with Crippen LogP contribution < -0.4 is 5.32 Å². The van der Waals surface area contributed by atoms with E-state index < -0.39 is 12.2 Å². The van der Waals surface area contributed by atoms with E-state index in [1.165, 1.54) is 12.8 Å². The maximum absolute atomic E-state index is 12.1. The molecule has 3 atom stereocenters. The quantitative estimate of drug-likeness (QED) is 0.802. The Morgan fingerprint density at radius 2 is 1.96 bits per heavy atom. The van der Waals surface area contributed by atoms with Gasteiger partial charge in [0.2, 0.25) is 0 Å². The highest BCUT2D eigenvalue weighted by molar-refractivity contribution is 5.67. The van der Waals surface area contributed by atoms with Gasteiger partial charge in [-0.05, 0) is 30.2 Å². The van der Waals surface area contributed by atoms with Crippen molar-refractivity contribution in [3.63, 3.8) is 0 Å². The van der Waals surface area contributed by atoms with Crippen molar-refractivity contribution in [2.75, 3.05) is 0 Å². The number of carbonyl (C=O) groups is 1. The van der Waals surface area contributed by atoms with E-state index in [0.717, 1.165) is 24.8 Å². The van der Waals surface area contributed by atoms with Crippen LogP contribution in [-0.4, -0.2) is 23.3 Å². The SMILES string of the molecule is CCC(C)C(NC(=O)OCc1ccccc1)C(O)C1CCCC1. The minimum atomic E-state index is -0.489. The van der Waals surface area contributed by atoms with Crippen molar-refractivity contribution in [2.24, 2.45) is 11.8 Å². The average Bonchev–Trinajstić information content (AvgIpc) is 3.12. The van der Waals surface area contributed by atoms with Crippen molar-refractivity contribution in [3.8, 4) is 0 Å². The molecular formula is C19H29NO3. The number of amides is 1. The number of benzene rings is 1. The molecule has 1 amide bonds. The molecule has 3 unspecified atom stereocenters. The highest BCUT2D eigenvalue weighted by atomic mass is 16.5. The number of aliphatic hydroxyl groups is 1. The van der Waals surface area contributed by atoms with E-state index >= 15 is 0 Å². The lowest BCUT2D eigenvalue weighted by atomic mass is 9.86. The molecule has 1 aromatic rings. The van der Waals surface area contributed by atoms with Crippen LogP contribution in [0.5, 0.6) is 0 Å². The van der Waals surface area contributed by atoms with Crippen molar-refractivity contribution < 1.29 is 14.6 Å². The maximum atomic E-state index is 12.1. The topological polar surface area (TPSA) is 58.6 Å². The van der Waals surface area contributed by atoms with Crippen LogP contribution in [0.3, 0.4) is 0 Å². The summed E-state index contributed by atoms with van der Waals surface area (Å²) in [5, 5.41) is 13.6. The zero-order valence-corrected chi connectivity index (χ0v) is 14.2. The third kappa shape index (κ3) is 5.24. The van der Waals surface area contributed by atoms with Gasteiger partial charge in [-0.2, -0.15) is 0 Å². The summed E-state index contributed by atoms with van der Waals surface area (Å²) in [7, 11) is 0. The molecule has 0 aromatic heterocycles. The first-order chi connectivity index (χ1) is 11.1. The van der Waals surface area contributed by atoms with Crippen LogP contribution in [0.4, 0.5) is 4.79 Å². The number of rotatable bonds is 7. The molecule has 2 N–H and O–H groups in total. The van der Waals surface area contributed by atoms with Crippen molar-refractivity contribution >= 4 is 6.09 Å². The summed E-state index contributed by atoms with van der Waals surface area (Å²) in [6.07, 6.45) is 4.42. The molecule has 128 valence electrons. The van der Waals surface area contributed by atoms with E-state index in [1.54, 1.807) is 0 Å². The zero-order valence-electron chi connectivity index (χ0n) is 14.2. The lowest BCUT2D eigenvalue weighted by Gasteiger charge is -2.32. The number of carbonyl (C=O) groups excluding carboxylic acids is 1. The molecule has 23 heavy (non-hydrogen) atoms. The highest BCUT2D eigenvalue weighted by Crippen LogP contribution is 2.31. The molecule has 0 radical (unpaired) electrons. The number of hydrogen-bond donors (Lipinski definition) is 2. The van der Waals surface area contributed by atoms with Gasteiger partial charge in [0.15, 0.2) is 0 Å². The molecule has 1 aliphatic carbocycles. The van der Waals surface area contributed by atoms with Crippen LogP contribution in [0, 0.1) is 11.8 Å². The van der Waals surface area contributed by atoms with Crippen molar-refractivity contribution in [1.82, 2.24) is 5.32 Å². The number of alkyl carbamates (subject to hydrolysis) is 1. The van der Waals surface area contributed by atoms with Gasteiger partial charge < -0.3 is 15.2 Å². The van der Waals surface area contributed by atoms with Crippen molar-refractivity contribution in [1.29, 1.82) is 0 Å². The smallest absolute Gasteiger partial charge is 0.407 e. The average molecular weight is 319 g/mol. The molecule has 4 heteroatoms. The molecule has 1 saturated carbocycles. The van der Waals surface area contributed by atoms with E-state index in [1.807, 2.05) is 30.3 Å². The fourth-order valence-corrected chi connectivity index (χ4v) is 3.31. The third-order valence-electron chi connectivity index (χ3n) is 5.01. The van der Waals surface area contributed by atoms with Gasteiger partial charge in [-0.15, -0.1) is 0 Å². The maximum Gasteiger partial charge on any atom is 0.407 e. The molecule has 1 aliphatic rings. The summed E-state index contributed by atoms with van der Waals surface area (Å²) in [4.78, 5) is 12.1. The Kier molecular flexibility index (Phi) is 6.90. The van der Waals surface area contributed by atoms with Crippen LogP contribution in [0.25, 0.3) is 0 Å². The van der Waals surface area contributed by atoms with Crippen LogP contribution in [0.2, 0.25) is 0 Å². The van der Waals surface area contributed by atoms with Gasteiger partial charge in [-0.3, -0.25) is 0 Å². The predicted molar refractivity (Wildman–Crippen MR) is 91.0 cm³/mol.